The molecule has 0 spiro atoms. The highest BCUT2D eigenvalue weighted by molar-refractivity contribution is 4.61. The highest BCUT2D eigenvalue weighted by atomic mass is 14.9. The molecule has 0 aromatic rings. The fourth-order valence-electron chi connectivity index (χ4n) is 2.65. The predicted octanol–water partition coefficient (Wildman–Crippen LogP) is 2.76. The summed E-state index contributed by atoms with van der Waals surface area (Å²) in [4.78, 5) is 0. The van der Waals surface area contributed by atoms with Gasteiger partial charge in [0.05, 0.1) is 0 Å². The molecule has 0 aliphatic carbocycles. The van der Waals surface area contributed by atoms with Gasteiger partial charge in [-0.3, -0.25) is 0 Å². The molecule has 0 saturated heterocycles. The number of nitrogens with two attached hydrogens (primary N) is 2. The summed E-state index contributed by atoms with van der Waals surface area (Å²) in [6.07, 6.45) is 14.0. The molecule has 4 heteroatoms. The van der Waals surface area contributed by atoms with Gasteiger partial charge in [0.1, 0.15) is 0 Å². The standard InChI is InChI=1S/C18H42N4/c1-18(22-17-10-5-3-8-14-20)12-6-11-16-21-15-9-4-2-7-13-19/h18,21-22H,2-17,19-20H2,1H3. The lowest BCUT2D eigenvalue weighted by Crippen LogP contribution is -2.27. The fourth-order valence-corrected chi connectivity index (χ4v) is 2.65. The summed E-state index contributed by atoms with van der Waals surface area (Å²) < 4.78 is 0. The number of nitrogens with one attached hydrogen (secondary N) is 2. The molecule has 0 saturated carbocycles. The monoisotopic (exact) mass is 314 g/mol. The summed E-state index contributed by atoms with van der Waals surface area (Å²) in [6, 6.07) is 0.658. The second-order valence-corrected chi connectivity index (χ2v) is 6.51. The molecule has 22 heavy (non-hydrogen) atoms. The van der Waals surface area contributed by atoms with Gasteiger partial charge >= 0.3 is 0 Å². The van der Waals surface area contributed by atoms with Crippen LogP contribution in [0.25, 0.3) is 0 Å². The molecule has 0 fully saturated rings. The highest BCUT2D eigenvalue weighted by Gasteiger charge is 2.00. The van der Waals surface area contributed by atoms with Gasteiger partial charge in [-0.25, -0.2) is 0 Å². The van der Waals surface area contributed by atoms with Gasteiger partial charge in [-0.05, 0) is 78.2 Å². The van der Waals surface area contributed by atoms with Crippen molar-refractivity contribution in [2.24, 2.45) is 11.5 Å². The van der Waals surface area contributed by atoms with E-state index in [1.807, 2.05) is 0 Å². The van der Waals surface area contributed by atoms with Gasteiger partial charge in [0, 0.05) is 6.04 Å². The van der Waals surface area contributed by atoms with Crippen molar-refractivity contribution in [2.75, 3.05) is 32.7 Å². The Hall–Kier alpha value is -0.160. The molecule has 0 aromatic carbocycles. The minimum Gasteiger partial charge on any atom is -0.330 e. The van der Waals surface area contributed by atoms with E-state index in [0.717, 1.165) is 19.6 Å². The van der Waals surface area contributed by atoms with E-state index in [1.54, 1.807) is 0 Å². The van der Waals surface area contributed by atoms with Gasteiger partial charge in [-0.1, -0.05) is 32.1 Å². The lowest BCUT2D eigenvalue weighted by Gasteiger charge is -2.13. The largest absolute Gasteiger partial charge is 0.330 e. The third-order valence-electron chi connectivity index (χ3n) is 4.17. The van der Waals surface area contributed by atoms with E-state index in [2.05, 4.69) is 17.6 Å². The minimum absolute atomic E-state index is 0.658. The maximum absolute atomic E-state index is 5.49. The molecule has 6 N–H and O–H groups in total. The van der Waals surface area contributed by atoms with E-state index in [4.69, 9.17) is 11.5 Å². The van der Waals surface area contributed by atoms with Crippen molar-refractivity contribution in [3.63, 3.8) is 0 Å². The van der Waals surface area contributed by atoms with E-state index in [9.17, 15) is 0 Å². The molecule has 0 aromatic heterocycles. The van der Waals surface area contributed by atoms with Crippen molar-refractivity contribution in [1.82, 2.24) is 10.6 Å². The van der Waals surface area contributed by atoms with E-state index < -0.39 is 0 Å². The zero-order valence-electron chi connectivity index (χ0n) is 15.0. The van der Waals surface area contributed by atoms with E-state index >= 15 is 0 Å². The van der Waals surface area contributed by atoms with Crippen molar-refractivity contribution in [3.05, 3.63) is 0 Å². The molecule has 0 aliphatic rings. The summed E-state index contributed by atoms with van der Waals surface area (Å²) in [5.41, 5.74) is 11.0. The second kappa shape index (κ2) is 18.9. The van der Waals surface area contributed by atoms with Gasteiger partial charge in [0.2, 0.25) is 0 Å². The summed E-state index contributed by atoms with van der Waals surface area (Å²) in [7, 11) is 0. The molecular weight excluding hydrogens is 272 g/mol. The van der Waals surface area contributed by atoms with Gasteiger partial charge < -0.3 is 22.1 Å². The first-order valence-electron chi connectivity index (χ1n) is 9.65. The third kappa shape index (κ3) is 17.9. The Morgan fingerprint density at radius 1 is 0.636 bits per heavy atom. The fraction of sp³-hybridized carbons (Fsp3) is 1.00. The Bertz CT molecular complexity index is 200. The van der Waals surface area contributed by atoms with Crippen molar-refractivity contribution in [1.29, 1.82) is 0 Å². The Labute approximate surface area is 139 Å². The van der Waals surface area contributed by atoms with Crippen LogP contribution in [0.5, 0.6) is 0 Å². The molecule has 134 valence electrons. The molecule has 0 radical (unpaired) electrons. The average molecular weight is 315 g/mol. The van der Waals surface area contributed by atoms with Crippen LogP contribution in [0.2, 0.25) is 0 Å². The van der Waals surface area contributed by atoms with Crippen LogP contribution in [-0.2, 0) is 0 Å². The number of hydrogen-bond acceptors (Lipinski definition) is 4. The minimum atomic E-state index is 0.658. The van der Waals surface area contributed by atoms with Crippen LogP contribution < -0.4 is 22.1 Å². The molecule has 0 heterocycles. The first-order chi connectivity index (χ1) is 10.8. The maximum atomic E-state index is 5.49. The number of rotatable bonds is 18. The number of hydrogen-bond donors (Lipinski definition) is 4. The molecule has 0 aliphatic heterocycles. The van der Waals surface area contributed by atoms with Crippen LogP contribution in [0, 0.1) is 0 Å². The predicted molar refractivity (Wildman–Crippen MR) is 99.2 cm³/mol. The SMILES string of the molecule is CC(CCCCNCCCCCCN)NCCCCCCN. The van der Waals surface area contributed by atoms with Gasteiger partial charge in [-0.2, -0.15) is 0 Å². The normalized spacial score (nSPS) is 12.7. The lowest BCUT2D eigenvalue weighted by atomic mass is 10.1. The Morgan fingerprint density at radius 2 is 1.14 bits per heavy atom. The van der Waals surface area contributed by atoms with Crippen molar-refractivity contribution in [2.45, 2.75) is 83.6 Å². The number of unbranched alkanes of at least 4 members (excludes halogenated alkanes) is 7. The average Bonchev–Trinajstić information content (AvgIpc) is 2.52. The van der Waals surface area contributed by atoms with E-state index in [1.165, 1.54) is 83.7 Å². The first kappa shape index (κ1) is 21.8. The van der Waals surface area contributed by atoms with Gasteiger partial charge in [0.25, 0.3) is 0 Å². The van der Waals surface area contributed by atoms with Crippen molar-refractivity contribution in [3.8, 4) is 0 Å². The lowest BCUT2D eigenvalue weighted by molar-refractivity contribution is 0.468. The van der Waals surface area contributed by atoms with E-state index in [-0.39, 0.29) is 0 Å². The van der Waals surface area contributed by atoms with Crippen LogP contribution in [-0.4, -0.2) is 38.8 Å². The second-order valence-electron chi connectivity index (χ2n) is 6.51. The topological polar surface area (TPSA) is 76.1 Å². The van der Waals surface area contributed by atoms with Crippen LogP contribution in [0.4, 0.5) is 0 Å². The molecule has 1 unspecified atom stereocenters. The molecule has 4 nitrogen and oxygen atoms in total. The van der Waals surface area contributed by atoms with Crippen molar-refractivity contribution < 1.29 is 0 Å². The van der Waals surface area contributed by atoms with Crippen LogP contribution in [0.1, 0.15) is 77.6 Å². The molecule has 0 amide bonds. The molecule has 0 rings (SSSR count). The zero-order chi connectivity index (χ0) is 16.3. The molecular formula is C18H42N4. The Kier molecular flexibility index (Phi) is 18.8. The Morgan fingerprint density at radius 3 is 1.73 bits per heavy atom. The van der Waals surface area contributed by atoms with Crippen LogP contribution in [0.15, 0.2) is 0 Å². The summed E-state index contributed by atoms with van der Waals surface area (Å²) >= 11 is 0. The highest BCUT2D eigenvalue weighted by Crippen LogP contribution is 2.02. The zero-order valence-corrected chi connectivity index (χ0v) is 15.0. The Balaban J connectivity index is 3.10. The summed E-state index contributed by atoms with van der Waals surface area (Å²) in [5, 5.41) is 7.17. The smallest absolute Gasteiger partial charge is 0.00387 e. The summed E-state index contributed by atoms with van der Waals surface area (Å²) in [6.45, 7) is 7.49. The molecule has 0 bridgehead atoms. The third-order valence-corrected chi connectivity index (χ3v) is 4.17. The maximum Gasteiger partial charge on any atom is 0.00387 e. The quantitative estimate of drug-likeness (QED) is 0.293. The van der Waals surface area contributed by atoms with Gasteiger partial charge in [0.15, 0.2) is 0 Å². The van der Waals surface area contributed by atoms with E-state index in [0.29, 0.717) is 6.04 Å². The molecule has 1 atom stereocenters. The first-order valence-corrected chi connectivity index (χ1v) is 9.65. The van der Waals surface area contributed by atoms with Crippen molar-refractivity contribution >= 4 is 0 Å². The van der Waals surface area contributed by atoms with Crippen LogP contribution in [0.3, 0.4) is 0 Å². The van der Waals surface area contributed by atoms with Crippen LogP contribution >= 0.6 is 0 Å². The summed E-state index contributed by atoms with van der Waals surface area (Å²) in [5.74, 6) is 0. The van der Waals surface area contributed by atoms with Gasteiger partial charge in [-0.15, -0.1) is 0 Å².